The molecule has 1 fully saturated rings. The normalized spacial score (nSPS) is 25.9. The number of nitrogen functional groups attached to an aromatic ring is 1. The zero-order valence-electron chi connectivity index (χ0n) is 11.1. The van der Waals surface area contributed by atoms with Crippen molar-refractivity contribution in [2.45, 2.75) is 24.9 Å². The Kier molecular flexibility index (Phi) is 4.06. The van der Waals surface area contributed by atoms with Gasteiger partial charge in [-0.15, -0.1) is 11.6 Å². The van der Waals surface area contributed by atoms with Crippen molar-refractivity contribution in [3.63, 3.8) is 0 Å². The fraction of sp³-hybridized carbons (Fsp3) is 0.500. The molecule has 0 bridgehead atoms. The number of fused-ring (bicyclic) bond motifs is 1. The first-order chi connectivity index (χ1) is 10.4. The average molecular weight is 350 g/mol. The minimum absolute atomic E-state index is 0.168. The number of anilines is 1. The number of halogens is 1. The Balaban J connectivity index is 1.99. The van der Waals surface area contributed by atoms with Crippen molar-refractivity contribution in [2.75, 3.05) is 11.6 Å². The summed E-state index contributed by atoms with van der Waals surface area (Å²) in [6.07, 6.45) is 0.795. The van der Waals surface area contributed by atoms with E-state index in [1.807, 2.05) is 0 Å². The maximum Gasteiger partial charge on any atom is 0.470 e. The van der Waals surface area contributed by atoms with Crippen molar-refractivity contribution in [1.82, 2.24) is 19.5 Å². The molecular formula is C10H13ClN5O5P. The molecule has 10 nitrogen and oxygen atoms in total. The molecule has 4 N–H and O–H groups in total. The van der Waals surface area contributed by atoms with E-state index in [9.17, 15) is 4.57 Å². The van der Waals surface area contributed by atoms with Crippen LogP contribution in [0.15, 0.2) is 12.7 Å². The third kappa shape index (κ3) is 2.94. The number of aromatic nitrogens is 4. The smallest absolute Gasteiger partial charge is 0.382 e. The largest absolute Gasteiger partial charge is 0.470 e. The van der Waals surface area contributed by atoms with Crippen LogP contribution < -0.4 is 5.73 Å². The highest BCUT2D eigenvalue weighted by Crippen LogP contribution is 2.45. The number of rotatable bonds is 4. The van der Waals surface area contributed by atoms with Gasteiger partial charge >= 0.3 is 7.82 Å². The maximum atomic E-state index is 11.1. The summed E-state index contributed by atoms with van der Waals surface area (Å²) in [7, 11) is -4.68. The van der Waals surface area contributed by atoms with Gasteiger partial charge in [-0.1, -0.05) is 0 Å². The molecule has 2 aromatic heterocycles. The van der Waals surface area contributed by atoms with E-state index in [4.69, 9.17) is 36.4 Å². The summed E-state index contributed by atoms with van der Waals surface area (Å²) in [5.74, 6) is 0.365. The van der Waals surface area contributed by atoms with Gasteiger partial charge in [0.2, 0.25) is 0 Å². The quantitative estimate of drug-likeness (QED) is 0.527. The molecule has 1 aliphatic rings. The second kappa shape index (κ2) is 5.73. The number of alkyl halides is 1. The van der Waals surface area contributed by atoms with E-state index >= 15 is 0 Å². The highest BCUT2D eigenvalue weighted by Gasteiger charge is 2.41. The summed E-state index contributed by atoms with van der Waals surface area (Å²) in [6, 6.07) is 0. The predicted octanol–water partition coefficient (Wildman–Crippen LogP) is 0.413. The van der Waals surface area contributed by atoms with Crippen molar-refractivity contribution < 1.29 is 23.6 Å². The average Bonchev–Trinajstić information content (AvgIpc) is 3.01. The summed E-state index contributed by atoms with van der Waals surface area (Å²) in [6.45, 7) is 0. The molecule has 0 radical (unpaired) electrons. The van der Waals surface area contributed by atoms with Crippen molar-refractivity contribution in [2.24, 2.45) is 0 Å². The van der Waals surface area contributed by atoms with E-state index in [1.165, 1.54) is 17.2 Å². The molecular weight excluding hydrogens is 337 g/mol. The number of ether oxygens (including phenoxy) is 1. The molecule has 3 rings (SSSR count). The molecule has 3 heterocycles. The van der Waals surface area contributed by atoms with Gasteiger partial charge in [-0.05, 0) is 0 Å². The molecule has 12 heteroatoms. The van der Waals surface area contributed by atoms with Crippen LogP contribution in [0.25, 0.3) is 11.2 Å². The Bertz CT molecular complexity index is 736. The standard InChI is InChI=1S/C10H13ClN5O5P/c11-2-5-1-6(21-22(17,18)19)10(20-5)16-4-15-7-8(12)13-3-14-9(7)16/h3-6,10H,1-2H2,(H2,12,13,14)(H2,17,18,19)/t5-,6+,10+/m0/s1. The van der Waals surface area contributed by atoms with Crippen LogP contribution in [0.3, 0.4) is 0 Å². The number of hydrogen-bond donors (Lipinski definition) is 3. The summed E-state index contributed by atoms with van der Waals surface area (Å²) in [5, 5.41) is 0. The molecule has 0 amide bonds. The van der Waals surface area contributed by atoms with Gasteiger partial charge in [0.1, 0.15) is 17.9 Å². The first-order valence-corrected chi connectivity index (χ1v) is 8.34. The highest BCUT2D eigenvalue weighted by atomic mass is 35.5. The Morgan fingerprint density at radius 1 is 1.50 bits per heavy atom. The van der Waals surface area contributed by atoms with E-state index in [-0.39, 0.29) is 18.1 Å². The van der Waals surface area contributed by atoms with Crippen molar-refractivity contribution in [3.05, 3.63) is 12.7 Å². The fourth-order valence-corrected chi connectivity index (χ4v) is 3.13. The Hall–Kier alpha value is -1.29. The highest BCUT2D eigenvalue weighted by molar-refractivity contribution is 7.46. The zero-order chi connectivity index (χ0) is 15.9. The lowest BCUT2D eigenvalue weighted by molar-refractivity contribution is -0.0282. The Morgan fingerprint density at radius 2 is 2.27 bits per heavy atom. The van der Waals surface area contributed by atoms with Crippen molar-refractivity contribution >= 4 is 36.4 Å². The second-order valence-electron chi connectivity index (χ2n) is 4.76. The first kappa shape index (κ1) is 15.6. The second-order valence-corrected chi connectivity index (χ2v) is 6.26. The van der Waals surface area contributed by atoms with Gasteiger partial charge in [-0.3, -0.25) is 9.09 Å². The van der Waals surface area contributed by atoms with Crippen molar-refractivity contribution in [1.29, 1.82) is 0 Å². The monoisotopic (exact) mass is 349 g/mol. The van der Waals surface area contributed by atoms with E-state index in [2.05, 4.69) is 15.0 Å². The van der Waals surface area contributed by atoms with Crippen LogP contribution >= 0.6 is 19.4 Å². The molecule has 0 unspecified atom stereocenters. The summed E-state index contributed by atoms with van der Waals surface area (Å²) < 4.78 is 23.1. The van der Waals surface area contributed by atoms with Gasteiger partial charge < -0.3 is 20.3 Å². The number of phosphoric acid groups is 1. The third-order valence-electron chi connectivity index (χ3n) is 3.25. The molecule has 0 saturated carbocycles. The molecule has 1 saturated heterocycles. The maximum absolute atomic E-state index is 11.1. The molecule has 3 atom stereocenters. The lowest BCUT2D eigenvalue weighted by Gasteiger charge is -2.20. The molecule has 1 aliphatic heterocycles. The molecule has 120 valence electrons. The summed E-state index contributed by atoms with van der Waals surface area (Å²) in [5.41, 5.74) is 6.47. The van der Waals surface area contributed by atoms with Crippen molar-refractivity contribution in [3.8, 4) is 0 Å². The molecule has 0 aromatic carbocycles. The fourth-order valence-electron chi connectivity index (χ4n) is 2.39. The van der Waals surface area contributed by atoms with Crippen LogP contribution in [0.1, 0.15) is 12.6 Å². The van der Waals surface area contributed by atoms with Gasteiger partial charge in [-0.25, -0.2) is 19.5 Å². The number of nitrogens with zero attached hydrogens (tertiary/aromatic N) is 4. The predicted molar refractivity (Wildman–Crippen MR) is 75.9 cm³/mol. The molecule has 0 aliphatic carbocycles. The number of imidazole rings is 1. The minimum atomic E-state index is -4.68. The van der Waals surface area contributed by atoms with Crippen LogP contribution in [0.5, 0.6) is 0 Å². The first-order valence-electron chi connectivity index (χ1n) is 6.27. The van der Waals surface area contributed by atoms with Gasteiger partial charge in [0.25, 0.3) is 0 Å². The van der Waals surface area contributed by atoms with Gasteiger partial charge in [0.15, 0.2) is 17.7 Å². The van der Waals surface area contributed by atoms with Gasteiger partial charge in [-0.2, -0.15) is 0 Å². The van der Waals surface area contributed by atoms with Crippen LogP contribution in [0.2, 0.25) is 0 Å². The van der Waals surface area contributed by atoms with Crippen LogP contribution in [0.4, 0.5) is 5.82 Å². The Morgan fingerprint density at radius 3 is 2.95 bits per heavy atom. The molecule has 0 spiro atoms. The lowest BCUT2D eigenvalue weighted by atomic mass is 10.2. The van der Waals surface area contributed by atoms with Crippen LogP contribution in [-0.2, 0) is 13.8 Å². The van der Waals surface area contributed by atoms with Crippen LogP contribution in [-0.4, -0.2) is 47.4 Å². The zero-order valence-corrected chi connectivity index (χ0v) is 12.8. The topological polar surface area (TPSA) is 146 Å². The molecule has 22 heavy (non-hydrogen) atoms. The van der Waals surface area contributed by atoms with E-state index in [1.54, 1.807) is 0 Å². The Labute approximate surface area is 129 Å². The van der Waals surface area contributed by atoms with E-state index < -0.39 is 26.3 Å². The van der Waals surface area contributed by atoms with Gasteiger partial charge in [0.05, 0.1) is 12.4 Å². The van der Waals surface area contributed by atoms with Gasteiger partial charge in [0, 0.05) is 12.3 Å². The summed E-state index contributed by atoms with van der Waals surface area (Å²) >= 11 is 5.77. The molecule has 2 aromatic rings. The van der Waals surface area contributed by atoms with Crippen LogP contribution in [0, 0.1) is 0 Å². The number of phosphoric ester groups is 1. The lowest BCUT2D eigenvalue weighted by Crippen LogP contribution is -2.21. The number of hydrogen-bond acceptors (Lipinski definition) is 7. The minimum Gasteiger partial charge on any atom is -0.382 e. The summed E-state index contributed by atoms with van der Waals surface area (Å²) in [4.78, 5) is 30.1. The third-order valence-corrected chi connectivity index (χ3v) is 4.14. The SMILES string of the molecule is Nc1ncnc2c1ncn2[C@@H]1O[C@H](CCl)C[C@H]1OP(=O)(O)O. The van der Waals surface area contributed by atoms with E-state index in [0.29, 0.717) is 11.2 Å². The number of nitrogens with two attached hydrogens (primary N) is 1. The van der Waals surface area contributed by atoms with E-state index in [0.717, 1.165) is 0 Å².